The zero-order valence-electron chi connectivity index (χ0n) is 37.2. The molecular formula is C66H43NS. The van der Waals surface area contributed by atoms with Crippen LogP contribution >= 0.6 is 11.3 Å². The zero-order chi connectivity index (χ0) is 45.0. The van der Waals surface area contributed by atoms with Gasteiger partial charge in [0.15, 0.2) is 0 Å². The van der Waals surface area contributed by atoms with Crippen molar-refractivity contribution in [3.05, 3.63) is 261 Å². The quantitative estimate of drug-likeness (QED) is 0.137. The van der Waals surface area contributed by atoms with Crippen LogP contribution in [-0.2, 0) is 0 Å². The van der Waals surface area contributed by atoms with Crippen LogP contribution in [0.15, 0.2) is 261 Å². The summed E-state index contributed by atoms with van der Waals surface area (Å²) in [6.07, 6.45) is 0. The van der Waals surface area contributed by atoms with E-state index >= 15 is 0 Å². The van der Waals surface area contributed by atoms with E-state index in [1.54, 1.807) is 0 Å². The SMILES string of the molecule is c1ccc(-c2ccc(-c3cc4ccccc4c4ccccc34)cc2N(c2ccc(-c3ccc(-c4cccc5ccccc45)cc3)cc2)c2cccc(-c3cccc4c3sc3ccccc34)c2)cc1. The van der Waals surface area contributed by atoms with E-state index in [1.807, 2.05) is 11.3 Å². The summed E-state index contributed by atoms with van der Waals surface area (Å²) in [5.74, 6) is 0. The molecule has 318 valence electrons. The van der Waals surface area contributed by atoms with E-state index in [0.29, 0.717) is 0 Å². The van der Waals surface area contributed by atoms with Crippen LogP contribution in [0.25, 0.3) is 108 Å². The van der Waals surface area contributed by atoms with Gasteiger partial charge in [-0.05, 0) is 125 Å². The van der Waals surface area contributed by atoms with Crippen molar-refractivity contribution in [3.8, 4) is 55.6 Å². The number of hydrogen-bond donors (Lipinski definition) is 0. The van der Waals surface area contributed by atoms with Crippen molar-refractivity contribution in [1.82, 2.24) is 0 Å². The lowest BCUT2D eigenvalue weighted by Crippen LogP contribution is -2.11. The summed E-state index contributed by atoms with van der Waals surface area (Å²) >= 11 is 1.88. The van der Waals surface area contributed by atoms with Crippen molar-refractivity contribution in [3.63, 3.8) is 0 Å². The Morgan fingerprint density at radius 1 is 0.250 bits per heavy atom. The molecule has 12 aromatic carbocycles. The van der Waals surface area contributed by atoms with Crippen molar-refractivity contribution in [2.45, 2.75) is 0 Å². The molecule has 0 aliphatic heterocycles. The van der Waals surface area contributed by atoms with Gasteiger partial charge in [0.2, 0.25) is 0 Å². The van der Waals surface area contributed by atoms with Crippen molar-refractivity contribution in [1.29, 1.82) is 0 Å². The average Bonchev–Trinajstić information content (AvgIpc) is 3.80. The number of rotatable bonds is 8. The highest BCUT2D eigenvalue weighted by atomic mass is 32.1. The van der Waals surface area contributed by atoms with Gasteiger partial charge in [0.1, 0.15) is 0 Å². The van der Waals surface area contributed by atoms with Crippen molar-refractivity contribution >= 4 is 80.9 Å². The second-order valence-corrected chi connectivity index (χ2v) is 18.7. The predicted octanol–water partition coefficient (Wildman–Crippen LogP) is 19.3. The monoisotopic (exact) mass is 881 g/mol. The molecule has 0 atom stereocenters. The third kappa shape index (κ3) is 6.93. The maximum absolute atomic E-state index is 2.47. The summed E-state index contributed by atoms with van der Waals surface area (Å²) in [6, 6.07) is 95.9. The van der Waals surface area contributed by atoms with Gasteiger partial charge in [-0.15, -0.1) is 11.3 Å². The lowest BCUT2D eigenvalue weighted by molar-refractivity contribution is 1.28. The van der Waals surface area contributed by atoms with Crippen LogP contribution in [0.3, 0.4) is 0 Å². The minimum atomic E-state index is 1.08. The molecule has 0 bridgehead atoms. The number of anilines is 3. The topological polar surface area (TPSA) is 3.24 Å². The minimum Gasteiger partial charge on any atom is -0.310 e. The van der Waals surface area contributed by atoms with Gasteiger partial charge in [0.25, 0.3) is 0 Å². The fraction of sp³-hybridized carbons (Fsp3) is 0. The first-order valence-corrected chi connectivity index (χ1v) is 24.1. The summed E-state index contributed by atoms with van der Waals surface area (Å²) in [4.78, 5) is 2.47. The standard InChI is InChI=1S/C66H43NS/c1-2-15-47(16-3-1)57-40-37-51(63-42-50-18-5-7-23-56(50)59-24-8-9-25-60(59)63)43-64(57)67(53-21-12-20-49(41-53)58-28-14-29-62-61-26-10-11-30-65(61)68-66(58)62)52-38-35-45(36-39-52)44-31-33-48(34-32-44)55-27-13-19-46-17-4-6-22-54(46)55/h1-43H. The van der Waals surface area contributed by atoms with Crippen molar-refractivity contribution in [2.75, 3.05) is 4.90 Å². The largest absolute Gasteiger partial charge is 0.310 e. The molecule has 0 aliphatic carbocycles. The molecule has 1 nitrogen and oxygen atoms in total. The summed E-state index contributed by atoms with van der Waals surface area (Å²) in [5.41, 5.74) is 15.2. The second-order valence-electron chi connectivity index (χ2n) is 17.6. The Kier molecular flexibility index (Phi) is 9.77. The molecule has 0 radical (unpaired) electrons. The van der Waals surface area contributed by atoms with Crippen molar-refractivity contribution in [2.24, 2.45) is 0 Å². The summed E-state index contributed by atoms with van der Waals surface area (Å²) in [7, 11) is 0. The Bertz CT molecular complexity index is 4010. The van der Waals surface area contributed by atoms with Gasteiger partial charge in [0.05, 0.1) is 5.69 Å². The third-order valence-corrected chi connectivity index (χ3v) is 14.9. The van der Waals surface area contributed by atoms with Gasteiger partial charge in [-0.2, -0.15) is 0 Å². The molecule has 1 aromatic heterocycles. The first-order chi connectivity index (χ1) is 33.7. The molecule has 2 heteroatoms. The maximum Gasteiger partial charge on any atom is 0.0546 e. The molecule has 68 heavy (non-hydrogen) atoms. The molecule has 0 unspecified atom stereocenters. The van der Waals surface area contributed by atoms with Gasteiger partial charge in [-0.25, -0.2) is 0 Å². The van der Waals surface area contributed by atoms with E-state index in [-0.39, 0.29) is 0 Å². The van der Waals surface area contributed by atoms with E-state index in [2.05, 4.69) is 266 Å². The molecule has 1 heterocycles. The zero-order valence-corrected chi connectivity index (χ0v) is 38.0. The van der Waals surface area contributed by atoms with Crippen LogP contribution in [0.4, 0.5) is 17.1 Å². The Balaban J connectivity index is 0.991. The van der Waals surface area contributed by atoms with Crippen LogP contribution in [0.1, 0.15) is 0 Å². The van der Waals surface area contributed by atoms with E-state index in [9.17, 15) is 0 Å². The molecule has 0 fully saturated rings. The van der Waals surface area contributed by atoms with E-state index in [4.69, 9.17) is 0 Å². The third-order valence-electron chi connectivity index (χ3n) is 13.7. The Hall–Kier alpha value is -8.56. The first kappa shape index (κ1) is 39.8. The highest BCUT2D eigenvalue weighted by molar-refractivity contribution is 7.26. The van der Waals surface area contributed by atoms with Gasteiger partial charge in [0, 0.05) is 37.1 Å². The first-order valence-electron chi connectivity index (χ1n) is 23.3. The van der Waals surface area contributed by atoms with Gasteiger partial charge in [-0.1, -0.05) is 218 Å². The highest BCUT2D eigenvalue weighted by Gasteiger charge is 2.21. The van der Waals surface area contributed by atoms with Crippen molar-refractivity contribution < 1.29 is 0 Å². The number of fused-ring (bicyclic) bond motifs is 7. The highest BCUT2D eigenvalue weighted by Crippen LogP contribution is 2.47. The van der Waals surface area contributed by atoms with E-state index < -0.39 is 0 Å². The summed E-state index contributed by atoms with van der Waals surface area (Å²) in [5, 5.41) is 10.1. The van der Waals surface area contributed by atoms with E-state index in [1.165, 1.54) is 97.0 Å². The molecule has 0 N–H and O–H groups in total. The van der Waals surface area contributed by atoms with Crippen LogP contribution in [-0.4, -0.2) is 0 Å². The fourth-order valence-corrected chi connectivity index (χ4v) is 11.6. The Labute approximate surface area is 400 Å². The number of hydrogen-bond acceptors (Lipinski definition) is 2. The fourth-order valence-electron chi connectivity index (χ4n) is 10.4. The Morgan fingerprint density at radius 3 is 1.62 bits per heavy atom. The molecule has 0 aliphatic rings. The smallest absolute Gasteiger partial charge is 0.0546 e. The molecule has 13 rings (SSSR count). The lowest BCUT2D eigenvalue weighted by atomic mass is 9.91. The average molecular weight is 882 g/mol. The van der Waals surface area contributed by atoms with Crippen LogP contribution in [0.5, 0.6) is 0 Å². The van der Waals surface area contributed by atoms with Crippen LogP contribution < -0.4 is 4.90 Å². The van der Waals surface area contributed by atoms with Gasteiger partial charge < -0.3 is 4.90 Å². The number of nitrogens with zero attached hydrogens (tertiary/aromatic N) is 1. The molecule has 13 aromatic rings. The number of thiophene rings is 1. The normalized spacial score (nSPS) is 11.5. The molecule has 0 saturated heterocycles. The molecule has 0 spiro atoms. The summed E-state index contributed by atoms with van der Waals surface area (Å²) < 4.78 is 2.62. The van der Waals surface area contributed by atoms with Gasteiger partial charge >= 0.3 is 0 Å². The van der Waals surface area contributed by atoms with Crippen LogP contribution in [0.2, 0.25) is 0 Å². The molecule has 0 amide bonds. The predicted molar refractivity (Wildman–Crippen MR) is 294 cm³/mol. The summed E-state index contributed by atoms with van der Waals surface area (Å²) in [6.45, 7) is 0. The molecule has 0 saturated carbocycles. The number of benzene rings is 12. The Morgan fingerprint density at radius 2 is 0.794 bits per heavy atom. The van der Waals surface area contributed by atoms with Gasteiger partial charge in [-0.3, -0.25) is 0 Å². The second kappa shape index (κ2) is 16.7. The lowest BCUT2D eigenvalue weighted by Gasteiger charge is -2.29. The molecular weight excluding hydrogens is 839 g/mol. The van der Waals surface area contributed by atoms with Crippen LogP contribution in [0, 0.1) is 0 Å². The minimum absolute atomic E-state index is 1.08. The maximum atomic E-state index is 2.47. The van der Waals surface area contributed by atoms with E-state index in [0.717, 1.165) is 28.2 Å².